The topological polar surface area (TPSA) is 50.7 Å². The summed E-state index contributed by atoms with van der Waals surface area (Å²) in [5, 5.41) is 12.6. The van der Waals surface area contributed by atoms with Gasteiger partial charge in [-0.1, -0.05) is 26.0 Å². The number of ether oxygens (including phenoxy) is 2. The minimum atomic E-state index is -3.17. The number of nitrogens with one attached hydrogen (secondary N) is 1. The van der Waals surface area contributed by atoms with Crippen molar-refractivity contribution in [1.82, 2.24) is 5.32 Å². The summed E-state index contributed by atoms with van der Waals surface area (Å²) in [4.78, 5) is 0. The van der Waals surface area contributed by atoms with E-state index in [2.05, 4.69) is 10.1 Å². The zero-order chi connectivity index (χ0) is 22.9. The van der Waals surface area contributed by atoms with E-state index >= 15 is 0 Å². The molecule has 1 atom stereocenters. The largest absolute Gasteiger partial charge is 0.491 e. The quantitative estimate of drug-likeness (QED) is 0.720. The van der Waals surface area contributed by atoms with Crippen molar-refractivity contribution in [2.75, 3.05) is 26.7 Å². The van der Waals surface area contributed by atoms with E-state index in [1.807, 2.05) is 0 Å². The van der Waals surface area contributed by atoms with Crippen molar-refractivity contribution in [3.8, 4) is 5.75 Å². The zero-order valence-corrected chi connectivity index (χ0v) is 10.9. The first-order chi connectivity index (χ1) is 12.8. The average molecular weight is 277 g/mol. The van der Waals surface area contributed by atoms with Gasteiger partial charge in [0.15, 0.2) is 0 Å². The summed E-state index contributed by atoms with van der Waals surface area (Å²) >= 11 is 0. The standard InChI is InChI=1S/C15H25NO3/c1-12(2)16-10-14(17)11-19-15-6-4-13(5-7-15)8-9-18-3/h4-7,12,14,16-17H,8-11H2,1-3H3/i3D3,8D2,9D2,11D2,12D. The zero-order valence-electron chi connectivity index (χ0n) is 20.9. The van der Waals surface area contributed by atoms with Crippen molar-refractivity contribution < 1.29 is 28.3 Å². The number of aliphatic hydroxyl groups is 1. The second-order valence-electron chi connectivity index (χ2n) is 3.97. The smallest absolute Gasteiger partial charge is 0.119 e. The number of hydrogen-bond acceptors (Lipinski definition) is 4. The van der Waals surface area contributed by atoms with E-state index in [9.17, 15) is 5.11 Å². The van der Waals surface area contributed by atoms with E-state index < -0.39 is 38.7 Å². The monoisotopic (exact) mass is 277 g/mol. The number of aryl methyl sites for hydroxylation is 1. The SMILES string of the molecule is [2H]C(C)(C)NCC(O)C([2H])([2H])Oc1ccc(C([2H])([2H])C([2H])([2H])OC([2H])([2H])[2H])cc1. The summed E-state index contributed by atoms with van der Waals surface area (Å²) in [7, 11) is -3.15. The molecule has 0 bridgehead atoms. The molecule has 0 radical (unpaired) electrons. The van der Waals surface area contributed by atoms with Crippen LogP contribution in [0.25, 0.3) is 0 Å². The highest BCUT2D eigenvalue weighted by Gasteiger charge is 2.05. The molecule has 19 heavy (non-hydrogen) atoms. The summed E-state index contributed by atoms with van der Waals surface area (Å²) in [6, 6.07) is 3.43. The van der Waals surface area contributed by atoms with E-state index in [1.165, 1.54) is 13.8 Å². The summed E-state index contributed by atoms with van der Waals surface area (Å²) in [5.74, 6) is -0.0731. The van der Waals surface area contributed by atoms with Crippen molar-refractivity contribution in [3.05, 3.63) is 29.8 Å². The lowest BCUT2D eigenvalue weighted by molar-refractivity contribution is 0.104. The molecular weight excluding hydrogens is 242 g/mol. The maximum absolute atomic E-state index is 9.98. The van der Waals surface area contributed by atoms with Crippen molar-refractivity contribution in [3.63, 3.8) is 0 Å². The summed E-state index contributed by atoms with van der Waals surface area (Å²) in [5.41, 5.74) is -0.252. The van der Waals surface area contributed by atoms with Crippen LogP contribution in [0.3, 0.4) is 0 Å². The minimum absolute atomic E-state index is 0.0731. The Bertz CT molecular complexity index is 670. The van der Waals surface area contributed by atoms with Crippen LogP contribution in [-0.2, 0) is 11.1 Å². The van der Waals surface area contributed by atoms with E-state index in [1.54, 1.807) is 0 Å². The van der Waals surface area contributed by atoms with Crippen LogP contribution in [-0.4, -0.2) is 43.9 Å². The second-order valence-corrected chi connectivity index (χ2v) is 3.97. The number of benzene rings is 1. The van der Waals surface area contributed by atoms with Gasteiger partial charge >= 0.3 is 0 Å². The van der Waals surface area contributed by atoms with Crippen LogP contribution in [0, 0.1) is 0 Å². The molecule has 1 aromatic rings. The Hall–Kier alpha value is -1.10. The molecule has 0 amide bonds. The molecule has 0 fully saturated rings. The molecular formula is C15H25NO3. The predicted molar refractivity (Wildman–Crippen MR) is 76.7 cm³/mol. The second kappa shape index (κ2) is 8.91. The summed E-state index contributed by atoms with van der Waals surface area (Å²) in [6.07, 6.45) is -4.44. The van der Waals surface area contributed by atoms with Gasteiger partial charge in [-0.3, -0.25) is 0 Å². The molecule has 2 N–H and O–H groups in total. The molecule has 1 rings (SSSR count). The van der Waals surface area contributed by atoms with Gasteiger partial charge in [0.1, 0.15) is 18.4 Å². The van der Waals surface area contributed by atoms with E-state index in [0.29, 0.717) is 0 Å². The van der Waals surface area contributed by atoms with Crippen molar-refractivity contribution in [2.24, 2.45) is 0 Å². The van der Waals surface area contributed by atoms with Gasteiger partial charge in [0, 0.05) is 23.7 Å². The fraction of sp³-hybridized carbons (Fsp3) is 0.600. The number of rotatable bonds is 9. The molecule has 0 saturated heterocycles. The average Bonchev–Trinajstić information content (AvgIpc) is 2.49. The minimum Gasteiger partial charge on any atom is -0.491 e. The van der Waals surface area contributed by atoms with Crippen LogP contribution in [0.2, 0.25) is 0 Å². The van der Waals surface area contributed by atoms with Crippen molar-refractivity contribution in [1.29, 1.82) is 0 Å². The molecule has 108 valence electrons. The van der Waals surface area contributed by atoms with Crippen LogP contribution in [0.5, 0.6) is 5.75 Å². The molecule has 4 heteroatoms. The molecule has 4 nitrogen and oxygen atoms in total. The lowest BCUT2D eigenvalue weighted by Crippen LogP contribution is -2.35. The van der Waals surface area contributed by atoms with Crippen LogP contribution < -0.4 is 10.1 Å². The van der Waals surface area contributed by atoms with E-state index in [4.69, 9.17) is 18.4 Å². The normalized spacial score (nSPS) is 23.9. The van der Waals surface area contributed by atoms with Gasteiger partial charge in [-0.05, 0) is 24.1 Å². The third-order valence-electron chi connectivity index (χ3n) is 2.06. The first-order valence-corrected chi connectivity index (χ1v) is 5.70. The van der Waals surface area contributed by atoms with Crippen LogP contribution in [0.1, 0.15) is 33.1 Å². The van der Waals surface area contributed by atoms with Crippen molar-refractivity contribution in [2.45, 2.75) is 32.3 Å². The predicted octanol–water partition coefficient (Wildman–Crippen LogP) is 1.61. The molecule has 0 heterocycles. The maximum atomic E-state index is 9.98. The van der Waals surface area contributed by atoms with Gasteiger partial charge in [0.25, 0.3) is 0 Å². The summed E-state index contributed by atoms with van der Waals surface area (Å²) < 4.78 is 84.7. The van der Waals surface area contributed by atoms with Crippen LogP contribution in [0.4, 0.5) is 0 Å². The molecule has 1 aromatic carbocycles. The summed E-state index contributed by atoms with van der Waals surface area (Å²) in [6.45, 7) is -2.90. The Labute approximate surface area is 129 Å². The third kappa shape index (κ3) is 7.15. The van der Waals surface area contributed by atoms with Gasteiger partial charge in [-0.15, -0.1) is 0 Å². The molecule has 0 spiro atoms. The highest BCUT2D eigenvalue weighted by Crippen LogP contribution is 2.12. The Kier molecular flexibility index (Phi) is 3.08. The third-order valence-corrected chi connectivity index (χ3v) is 2.06. The fourth-order valence-corrected chi connectivity index (χ4v) is 1.17. The lowest BCUT2D eigenvalue weighted by atomic mass is 10.1. The Morgan fingerprint density at radius 3 is 2.79 bits per heavy atom. The van der Waals surface area contributed by atoms with Crippen LogP contribution in [0.15, 0.2) is 24.3 Å². The van der Waals surface area contributed by atoms with E-state index in [0.717, 1.165) is 24.3 Å². The fourth-order valence-electron chi connectivity index (χ4n) is 1.17. The maximum Gasteiger partial charge on any atom is 0.119 e. The van der Waals surface area contributed by atoms with E-state index in [-0.39, 0.29) is 17.9 Å². The number of hydrogen-bond donors (Lipinski definition) is 2. The molecule has 0 aromatic heterocycles. The molecule has 0 saturated carbocycles. The molecule has 0 aliphatic carbocycles. The molecule has 0 aliphatic heterocycles. The molecule has 1 unspecified atom stereocenters. The number of aliphatic hydroxyl groups excluding tert-OH is 1. The first-order valence-electron chi connectivity index (χ1n) is 10.7. The highest BCUT2D eigenvalue weighted by atomic mass is 16.5. The van der Waals surface area contributed by atoms with Gasteiger partial charge in [-0.25, -0.2) is 0 Å². The van der Waals surface area contributed by atoms with Gasteiger partial charge in [-0.2, -0.15) is 0 Å². The van der Waals surface area contributed by atoms with Gasteiger partial charge in [0.05, 0.1) is 16.2 Å². The Morgan fingerprint density at radius 1 is 1.42 bits per heavy atom. The van der Waals surface area contributed by atoms with Gasteiger partial charge < -0.3 is 19.9 Å². The Balaban J connectivity index is 2.92. The van der Waals surface area contributed by atoms with Crippen LogP contribution >= 0.6 is 0 Å². The van der Waals surface area contributed by atoms with Gasteiger partial charge in [0.2, 0.25) is 0 Å². The first kappa shape index (κ1) is 6.57. The molecule has 0 aliphatic rings. The highest BCUT2D eigenvalue weighted by molar-refractivity contribution is 5.27. The number of methoxy groups -OCH3 is 1. The lowest BCUT2D eigenvalue weighted by Gasteiger charge is -2.15. The Morgan fingerprint density at radius 2 is 2.16 bits per heavy atom. The van der Waals surface area contributed by atoms with Crippen molar-refractivity contribution >= 4 is 0 Å².